The zero-order valence-corrected chi connectivity index (χ0v) is 15.1. The van der Waals surface area contributed by atoms with Crippen LogP contribution in [0.4, 0.5) is 5.69 Å². The van der Waals surface area contributed by atoms with Crippen LogP contribution in [0.25, 0.3) is 0 Å². The molecule has 1 heterocycles. The number of hydrogen-bond acceptors (Lipinski definition) is 3. The zero-order chi connectivity index (χ0) is 18.4. The van der Waals surface area contributed by atoms with Gasteiger partial charge in [0, 0.05) is 25.9 Å². The van der Waals surface area contributed by atoms with E-state index >= 15 is 0 Å². The van der Waals surface area contributed by atoms with E-state index in [1.54, 1.807) is 0 Å². The smallest absolute Gasteiger partial charge is 0.238 e. The van der Waals surface area contributed by atoms with Gasteiger partial charge >= 0.3 is 0 Å². The molecule has 2 aromatic rings. The third-order valence-electron chi connectivity index (χ3n) is 4.66. The van der Waals surface area contributed by atoms with Gasteiger partial charge in [0.15, 0.2) is 0 Å². The lowest BCUT2D eigenvalue weighted by Gasteiger charge is -2.29. The van der Waals surface area contributed by atoms with E-state index in [2.05, 4.69) is 23.0 Å². The molecule has 0 bridgehead atoms. The number of fused-ring (bicyclic) bond motifs is 1. The number of nitrogens with zero attached hydrogens (tertiary/aromatic N) is 1. The molecule has 5 nitrogen and oxygen atoms in total. The quantitative estimate of drug-likeness (QED) is 0.786. The molecule has 0 unspecified atom stereocenters. The first kappa shape index (κ1) is 18.0. The van der Waals surface area contributed by atoms with Crippen LogP contribution in [0.2, 0.25) is 0 Å². The highest BCUT2D eigenvalue weighted by Gasteiger charge is 2.22. The molecule has 2 N–H and O–H groups in total. The summed E-state index contributed by atoms with van der Waals surface area (Å²) in [4.78, 5) is 26.5. The van der Waals surface area contributed by atoms with Gasteiger partial charge in [0.25, 0.3) is 0 Å². The van der Waals surface area contributed by atoms with Crippen molar-refractivity contribution in [2.75, 3.05) is 12.0 Å². The maximum absolute atomic E-state index is 12.6. The van der Waals surface area contributed by atoms with Gasteiger partial charge in [-0.15, -0.1) is 0 Å². The van der Waals surface area contributed by atoms with Crippen molar-refractivity contribution in [1.82, 2.24) is 10.3 Å². The van der Waals surface area contributed by atoms with Crippen LogP contribution in [0, 0.1) is 5.92 Å². The molecule has 0 aliphatic carbocycles. The van der Waals surface area contributed by atoms with Gasteiger partial charge in [-0.1, -0.05) is 49.4 Å². The monoisotopic (exact) mass is 351 g/mol. The van der Waals surface area contributed by atoms with Gasteiger partial charge in [-0.05, 0) is 35.6 Å². The minimum atomic E-state index is -0.113. The molecule has 3 rings (SSSR count). The van der Waals surface area contributed by atoms with Gasteiger partial charge in [0.1, 0.15) is 0 Å². The second kappa shape index (κ2) is 8.52. The van der Waals surface area contributed by atoms with Crippen molar-refractivity contribution in [3.8, 4) is 0 Å². The molecule has 26 heavy (non-hydrogen) atoms. The molecule has 1 atom stereocenters. The van der Waals surface area contributed by atoms with Gasteiger partial charge < -0.3 is 4.90 Å². The van der Waals surface area contributed by atoms with Crippen LogP contribution < -0.4 is 10.9 Å². The van der Waals surface area contributed by atoms with Crippen LogP contribution in [0.3, 0.4) is 0 Å². The fraction of sp³-hybridized carbons (Fsp3) is 0.333. The predicted molar refractivity (Wildman–Crippen MR) is 102 cm³/mol. The summed E-state index contributed by atoms with van der Waals surface area (Å²) >= 11 is 0. The number of anilines is 1. The summed E-state index contributed by atoms with van der Waals surface area (Å²) in [6.07, 6.45) is 1.61. The highest BCUT2D eigenvalue weighted by molar-refractivity contribution is 5.80. The molecule has 5 heteroatoms. The van der Waals surface area contributed by atoms with Gasteiger partial charge in [-0.25, -0.2) is 0 Å². The number of hydrogen-bond donors (Lipinski definition) is 2. The van der Waals surface area contributed by atoms with Crippen LogP contribution in [-0.2, 0) is 22.6 Å². The van der Waals surface area contributed by atoms with E-state index in [0.29, 0.717) is 19.4 Å². The first-order valence-electron chi connectivity index (χ1n) is 9.06. The Bertz CT molecular complexity index is 761. The lowest BCUT2D eigenvalue weighted by molar-refractivity contribution is -0.133. The number of amides is 2. The molecule has 1 aliphatic rings. The predicted octanol–water partition coefficient (Wildman–Crippen LogP) is 3.13. The van der Waals surface area contributed by atoms with E-state index in [-0.39, 0.29) is 17.7 Å². The molecule has 0 aromatic heterocycles. The number of hydrazine groups is 1. The van der Waals surface area contributed by atoms with Crippen LogP contribution >= 0.6 is 0 Å². The number of carbonyl (C=O) groups excluding carboxylic acids is 2. The van der Waals surface area contributed by atoms with E-state index in [1.165, 1.54) is 11.1 Å². The van der Waals surface area contributed by atoms with E-state index in [0.717, 1.165) is 18.7 Å². The first-order valence-corrected chi connectivity index (χ1v) is 9.06. The van der Waals surface area contributed by atoms with E-state index in [4.69, 9.17) is 0 Å². The molecule has 0 radical (unpaired) electrons. The van der Waals surface area contributed by atoms with E-state index in [1.807, 2.05) is 54.3 Å². The Morgan fingerprint density at radius 3 is 2.46 bits per heavy atom. The van der Waals surface area contributed by atoms with Crippen molar-refractivity contribution in [2.24, 2.45) is 5.92 Å². The van der Waals surface area contributed by atoms with Crippen molar-refractivity contribution >= 4 is 17.5 Å². The van der Waals surface area contributed by atoms with Crippen molar-refractivity contribution in [2.45, 2.75) is 32.7 Å². The standard InChI is InChI=1S/C21H25N3O2/c1-16(13-20(25)23-22-19-9-3-2-4-10-19)14-21(26)24-12-11-17-7-5-6-8-18(17)15-24/h2-10,16,22H,11-15H2,1H3,(H,23,25)/t16-/m1/s1. The lowest BCUT2D eigenvalue weighted by atomic mass is 9.98. The largest absolute Gasteiger partial charge is 0.338 e. The summed E-state index contributed by atoms with van der Waals surface area (Å²) in [6, 6.07) is 17.7. The van der Waals surface area contributed by atoms with E-state index in [9.17, 15) is 9.59 Å². The van der Waals surface area contributed by atoms with E-state index < -0.39 is 0 Å². The Labute approximate surface area is 154 Å². The van der Waals surface area contributed by atoms with Crippen LogP contribution in [0.5, 0.6) is 0 Å². The minimum absolute atomic E-state index is 0.00255. The Morgan fingerprint density at radius 1 is 1.00 bits per heavy atom. The Kier molecular flexibility index (Phi) is 5.89. The number of para-hydroxylation sites is 1. The minimum Gasteiger partial charge on any atom is -0.338 e. The zero-order valence-electron chi connectivity index (χ0n) is 15.1. The average molecular weight is 351 g/mol. The van der Waals surface area contributed by atoms with Crippen molar-refractivity contribution in [3.63, 3.8) is 0 Å². The van der Waals surface area contributed by atoms with Crippen molar-refractivity contribution in [1.29, 1.82) is 0 Å². The number of nitrogens with one attached hydrogen (secondary N) is 2. The van der Waals surface area contributed by atoms with Crippen LogP contribution in [0.1, 0.15) is 30.9 Å². The molecule has 0 saturated heterocycles. The molecule has 2 amide bonds. The second-order valence-electron chi connectivity index (χ2n) is 6.89. The molecular formula is C21H25N3O2. The average Bonchev–Trinajstić information content (AvgIpc) is 2.66. The summed E-state index contributed by atoms with van der Waals surface area (Å²) < 4.78 is 0. The molecule has 2 aromatic carbocycles. The Balaban J connectivity index is 1.43. The fourth-order valence-corrected chi connectivity index (χ4v) is 3.24. The maximum atomic E-state index is 12.6. The fourth-order valence-electron chi connectivity index (χ4n) is 3.24. The topological polar surface area (TPSA) is 61.4 Å². The number of carbonyl (C=O) groups is 2. The highest BCUT2D eigenvalue weighted by Crippen LogP contribution is 2.20. The number of rotatable bonds is 6. The second-order valence-corrected chi connectivity index (χ2v) is 6.89. The normalized spacial score (nSPS) is 14.3. The third-order valence-corrected chi connectivity index (χ3v) is 4.66. The lowest BCUT2D eigenvalue weighted by Crippen LogP contribution is -2.37. The van der Waals surface area contributed by atoms with Crippen LogP contribution in [0.15, 0.2) is 54.6 Å². The summed E-state index contributed by atoms with van der Waals surface area (Å²) in [7, 11) is 0. The molecule has 0 spiro atoms. The van der Waals surface area contributed by atoms with Crippen LogP contribution in [-0.4, -0.2) is 23.3 Å². The van der Waals surface area contributed by atoms with Crippen molar-refractivity contribution < 1.29 is 9.59 Å². The first-order chi connectivity index (χ1) is 12.6. The summed E-state index contributed by atoms with van der Waals surface area (Å²) in [6.45, 7) is 3.37. The Hall–Kier alpha value is -2.82. The SMILES string of the molecule is C[C@H](CC(=O)NNc1ccccc1)CC(=O)N1CCc2ccccc2C1. The molecule has 136 valence electrons. The molecular weight excluding hydrogens is 326 g/mol. The summed E-state index contributed by atoms with van der Waals surface area (Å²) in [5.41, 5.74) is 8.95. The summed E-state index contributed by atoms with van der Waals surface area (Å²) in [5.74, 6) is 0.00575. The third kappa shape index (κ3) is 4.85. The van der Waals surface area contributed by atoms with Gasteiger partial charge in [0.05, 0.1) is 5.69 Å². The molecule has 0 saturated carbocycles. The Morgan fingerprint density at radius 2 is 1.69 bits per heavy atom. The summed E-state index contributed by atoms with van der Waals surface area (Å²) in [5, 5.41) is 0. The highest BCUT2D eigenvalue weighted by atomic mass is 16.2. The van der Waals surface area contributed by atoms with Crippen molar-refractivity contribution in [3.05, 3.63) is 65.7 Å². The molecule has 0 fully saturated rings. The van der Waals surface area contributed by atoms with Gasteiger partial charge in [0.2, 0.25) is 11.8 Å². The van der Waals surface area contributed by atoms with Gasteiger partial charge in [-0.3, -0.25) is 20.4 Å². The van der Waals surface area contributed by atoms with Gasteiger partial charge in [-0.2, -0.15) is 0 Å². The maximum Gasteiger partial charge on any atom is 0.238 e. The number of benzene rings is 2. The molecule has 1 aliphatic heterocycles.